The van der Waals surface area contributed by atoms with Crippen molar-refractivity contribution in [3.8, 4) is 5.75 Å². The highest BCUT2D eigenvalue weighted by Gasteiger charge is 2.05. The van der Waals surface area contributed by atoms with E-state index in [1.54, 1.807) is 37.3 Å². The SMILES string of the molecule is COc1ccc(Cl)cc1/C=C/C(=O)Nc1cc(C(=O)[O-])ccc1C. The number of nitrogens with one attached hydrogen (secondary N) is 1. The molecule has 0 aliphatic carbocycles. The Morgan fingerprint density at radius 1 is 1.21 bits per heavy atom. The number of amides is 1. The predicted octanol–water partition coefficient (Wildman–Crippen LogP) is 2.67. The molecule has 2 aromatic carbocycles. The number of anilines is 1. The smallest absolute Gasteiger partial charge is 0.248 e. The molecule has 0 aromatic heterocycles. The molecule has 0 saturated carbocycles. The molecular weight excluding hydrogens is 330 g/mol. The number of benzene rings is 2. The molecule has 0 aliphatic heterocycles. The molecule has 0 heterocycles. The summed E-state index contributed by atoms with van der Waals surface area (Å²) in [6.07, 6.45) is 2.89. The van der Waals surface area contributed by atoms with Gasteiger partial charge >= 0.3 is 0 Å². The number of aromatic carboxylic acids is 1. The summed E-state index contributed by atoms with van der Waals surface area (Å²) in [5, 5.41) is 14.1. The van der Waals surface area contributed by atoms with E-state index in [0.717, 1.165) is 5.56 Å². The van der Waals surface area contributed by atoms with Crippen LogP contribution in [0, 0.1) is 6.92 Å². The van der Waals surface area contributed by atoms with Crippen molar-refractivity contribution in [1.29, 1.82) is 0 Å². The zero-order valence-corrected chi connectivity index (χ0v) is 13.9. The molecule has 0 saturated heterocycles. The normalized spacial score (nSPS) is 10.6. The maximum atomic E-state index is 12.1. The molecule has 0 radical (unpaired) electrons. The van der Waals surface area contributed by atoms with Gasteiger partial charge in [-0.15, -0.1) is 0 Å². The molecule has 1 N–H and O–H groups in total. The maximum Gasteiger partial charge on any atom is 0.248 e. The number of hydrogen-bond donors (Lipinski definition) is 1. The quantitative estimate of drug-likeness (QED) is 0.846. The summed E-state index contributed by atoms with van der Waals surface area (Å²) in [6.45, 7) is 1.76. The zero-order chi connectivity index (χ0) is 17.7. The van der Waals surface area contributed by atoms with Crippen LogP contribution in [0.2, 0.25) is 5.02 Å². The molecule has 2 rings (SSSR count). The van der Waals surface area contributed by atoms with Crippen LogP contribution in [0.1, 0.15) is 21.5 Å². The summed E-state index contributed by atoms with van der Waals surface area (Å²) >= 11 is 5.94. The molecule has 0 unspecified atom stereocenters. The number of hydrogen-bond acceptors (Lipinski definition) is 4. The van der Waals surface area contributed by atoms with E-state index < -0.39 is 11.9 Å². The van der Waals surface area contributed by atoms with Crippen molar-refractivity contribution in [2.75, 3.05) is 12.4 Å². The standard InChI is InChI=1S/C18H16ClNO4/c1-11-3-4-13(18(22)23)10-15(11)20-17(21)8-5-12-9-14(19)6-7-16(12)24-2/h3-10H,1-2H3,(H,20,21)(H,22,23)/p-1/b8-5+. The first-order valence-corrected chi connectivity index (χ1v) is 7.43. The number of carboxylic acids is 1. The lowest BCUT2D eigenvalue weighted by Gasteiger charge is -2.10. The molecule has 2 aromatic rings. The van der Waals surface area contributed by atoms with Crippen LogP contribution in [0.25, 0.3) is 6.08 Å². The van der Waals surface area contributed by atoms with Crippen LogP contribution in [-0.4, -0.2) is 19.0 Å². The van der Waals surface area contributed by atoms with Gasteiger partial charge in [0.15, 0.2) is 0 Å². The van der Waals surface area contributed by atoms with E-state index in [4.69, 9.17) is 16.3 Å². The summed E-state index contributed by atoms with van der Waals surface area (Å²) in [5.41, 5.74) is 1.79. The number of ether oxygens (including phenoxy) is 1. The Kier molecular flexibility index (Phi) is 5.60. The molecule has 0 spiro atoms. The van der Waals surface area contributed by atoms with Crippen molar-refractivity contribution in [2.24, 2.45) is 0 Å². The summed E-state index contributed by atoms with van der Waals surface area (Å²) in [6, 6.07) is 9.44. The summed E-state index contributed by atoms with van der Waals surface area (Å²) in [4.78, 5) is 23.0. The average molecular weight is 345 g/mol. The van der Waals surface area contributed by atoms with Gasteiger partial charge in [0, 0.05) is 22.3 Å². The van der Waals surface area contributed by atoms with E-state index in [1.807, 2.05) is 0 Å². The lowest BCUT2D eigenvalue weighted by molar-refractivity contribution is -0.255. The number of carboxylic acid groups (broad SMARTS) is 1. The van der Waals surface area contributed by atoms with E-state index in [2.05, 4.69) is 5.32 Å². The molecule has 0 atom stereocenters. The second-order valence-corrected chi connectivity index (χ2v) is 5.46. The minimum Gasteiger partial charge on any atom is -0.545 e. The fourth-order valence-corrected chi connectivity index (χ4v) is 2.24. The Labute approximate surface area is 144 Å². The summed E-state index contributed by atoms with van der Waals surface area (Å²) in [7, 11) is 1.52. The van der Waals surface area contributed by atoms with Crippen LogP contribution in [0.3, 0.4) is 0 Å². The van der Waals surface area contributed by atoms with Crippen LogP contribution < -0.4 is 15.2 Å². The minimum absolute atomic E-state index is 0.00334. The lowest BCUT2D eigenvalue weighted by Crippen LogP contribution is -2.22. The van der Waals surface area contributed by atoms with E-state index in [0.29, 0.717) is 22.0 Å². The number of halogens is 1. The highest BCUT2D eigenvalue weighted by Crippen LogP contribution is 2.24. The van der Waals surface area contributed by atoms with Gasteiger partial charge in [-0.25, -0.2) is 0 Å². The van der Waals surface area contributed by atoms with Crippen molar-refractivity contribution in [2.45, 2.75) is 6.92 Å². The summed E-state index contributed by atoms with van der Waals surface area (Å²) in [5.74, 6) is -1.13. The molecule has 6 heteroatoms. The Morgan fingerprint density at radius 2 is 1.96 bits per heavy atom. The fourth-order valence-electron chi connectivity index (χ4n) is 2.06. The highest BCUT2D eigenvalue weighted by atomic mass is 35.5. The fraction of sp³-hybridized carbons (Fsp3) is 0.111. The third kappa shape index (κ3) is 4.36. The van der Waals surface area contributed by atoms with Crippen LogP contribution in [0.4, 0.5) is 5.69 Å². The maximum absolute atomic E-state index is 12.1. The van der Waals surface area contributed by atoms with Gasteiger partial charge in [0.2, 0.25) is 5.91 Å². The molecule has 0 aliphatic rings. The monoisotopic (exact) mass is 344 g/mol. The van der Waals surface area contributed by atoms with Gasteiger partial charge in [-0.3, -0.25) is 4.79 Å². The third-order valence-corrected chi connectivity index (χ3v) is 3.57. The van der Waals surface area contributed by atoms with Gasteiger partial charge in [-0.2, -0.15) is 0 Å². The van der Waals surface area contributed by atoms with Crippen LogP contribution in [-0.2, 0) is 4.79 Å². The lowest BCUT2D eigenvalue weighted by atomic mass is 10.1. The number of methoxy groups -OCH3 is 1. The second kappa shape index (κ2) is 7.66. The third-order valence-electron chi connectivity index (χ3n) is 3.34. The topological polar surface area (TPSA) is 78.5 Å². The molecule has 124 valence electrons. The van der Waals surface area contributed by atoms with Crippen LogP contribution >= 0.6 is 11.6 Å². The molecule has 1 amide bonds. The van der Waals surface area contributed by atoms with Gasteiger partial charge < -0.3 is 20.0 Å². The van der Waals surface area contributed by atoms with Crippen LogP contribution in [0.15, 0.2) is 42.5 Å². The Bertz CT molecular complexity index is 815. The van der Waals surface area contributed by atoms with Crippen molar-refractivity contribution in [3.05, 3.63) is 64.2 Å². The first-order valence-electron chi connectivity index (χ1n) is 7.05. The van der Waals surface area contributed by atoms with E-state index >= 15 is 0 Å². The first-order chi connectivity index (χ1) is 11.4. The van der Waals surface area contributed by atoms with Gasteiger partial charge in [0.25, 0.3) is 0 Å². The molecule has 24 heavy (non-hydrogen) atoms. The zero-order valence-electron chi connectivity index (χ0n) is 13.1. The van der Waals surface area contributed by atoms with Gasteiger partial charge in [-0.1, -0.05) is 23.7 Å². The second-order valence-electron chi connectivity index (χ2n) is 5.03. The molecule has 5 nitrogen and oxygen atoms in total. The average Bonchev–Trinajstić information content (AvgIpc) is 2.55. The van der Waals surface area contributed by atoms with Gasteiger partial charge in [-0.05, 0) is 48.4 Å². The van der Waals surface area contributed by atoms with Crippen molar-refractivity contribution in [1.82, 2.24) is 0 Å². The van der Waals surface area contributed by atoms with Gasteiger partial charge in [0.1, 0.15) is 5.75 Å². The number of aryl methyl sites for hydroxylation is 1. The minimum atomic E-state index is -1.30. The van der Waals surface area contributed by atoms with Crippen molar-refractivity contribution in [3.63, 3.8) is 0 Å². The first kappa shape index (κ1) is 17.6. The molecule has 0 fully saturated rings. The largest absolute Gasteiger partial charge is 0.545 e. The van der Waals surface area contributed by atoms with E-state index in [9.17, 15) is 14.7 Å². The molecular formula is C18H15ClNO4-. The van der Waals surface area contributed by atoms with Crippen LogP contribution in [0.5, 0.6) is 5.75 Å². The number of carbonyl (C=O) groups excluding carboxylic acids is 2. The Balaban J connectivity index is 2.18. The molecule has 0 bridgehead atoms. The van der Waals surface area contributed by atoms with Crippen molar-refractivity contribution < 1.29 is 19.4 Å². The Morgan fingerprint density at radius 3 is 2.62 bits per heavy atom. The van der Waals surface area contributed by atoms with Crippen molar-refractivity contribution >= 4 is 35.2 Å². The van der Waals surface area contributed by atoms with E-state index in [-0.39, 0.29) is 5.56 Å². The predicted molar refractivity (Wildman–Crippen MR) is 91.2 cm³/mol. The highest BCUT2D eigenvalue weighted by molar-refractivity contribution is 6.30. The summed E-state index contributed by atoms with van der Waals surface area (Å²) < 4.78 is 5.20. The van der Waals surface area contributed by atoms with Gasteiger partial charge in [0.05, 0.1) is 13.1 Å². The van der Waals surface area contributed by atoms with E-state index in [1.165, 1.54) is 25.3 Å². The number of rotatable bonds is 5. The number of carbonyl (C=O) groups is 2. The Hall–Kier alpha value is -2.79.